The van der Waals surface area contributed by atoms with Gasteiger partial charge in [0, 0.05) is 12.3 Å². The van der Waals surface area contributed by atoms with Gasteiger partial charge in [-0.15, -0.1) is 0 Å². The highest BCUT2D eigenvalue weighted by atomic mass is 15.1. The molecule has 8 heavy (non-hydrogen) atoms. The molecular weight excluding hydrogens is 106 g/mol. The number of nitrogens with zero attached hydrogens (tertiary/aromatic N) is 3. The fourth-order valence-electron chi connectivity index (χ4n) is 0.309. The van der Waals surface area contributed by atoms with E-state index in [4.69, 9.17) is 11.5 Å². The number of nitrogens with two attached hydrogens (primary N) is 1. The smallest absolute Gasteiger partial charge is 0.148 e. The third kappa shape index (κ3) is 0.810. The van der Waals surface area contributed by atoms with E-state index in [9.17, 15) is 0 Å². The number of hydrogen-bond donors (Lipinski definition) is 1. The van der Waals surface area contributed by atoms with Gasteiger partial charge in [-0.3, -0.25) is 0 Å². The summed E-state index contributed by atoms with van der Waals surface area (Å²) >= 11 is 0. The molecule has 0 saturated heterocycles. The zero-order chi connectivity index (χ0) is 5.98. The maximum absolute atomic E-state index is 6.79. The Bertz CT molecular complexity index is 168. The predicted molar refractivity (Wildman–Crippen MR) is 28.2 cm³/mol. The largest absolute Gasteiger partial charge is 0.410 e. The Labute approximate surface area is 45.8 Å². The van der Waals surface area contributed by atoms with Crippen molar-refractivity contribution in [2.45, 2.75) is 0 Å². The lowest BCUT2D eigenvalue weighted by molar-refractivity contribution is 1.09. The summed E-state index contributed by atoms with van der Waals surface area (Å²) in [6.45, 7) is 0. The van der Waals surface area contributed by atoms with Crippen LogP contribution in [0.25, 0.3) is 5.73 Å². The normalized spacial score (nSPS) is 9.00. The van der Waals surface area contributed by atoms with Gasteiger partial charge in [0.2, 0.25) is 0 Å². The van der Waals surface area contributed by atoms with Crippen LogP contribution < -0.4 is 5.73 Å². The van der Waals surface area contributed by atoms with Crippen LogP contribution in [0.4, 0.5) is 11.9 Å². The van der Waals surface area contributed by atoms with Crippen LogP contribution in [0.2, 0.25) is 0 Å². The van der Waals surface area contributed by atoms with Crippen molar-refractivity contribution in [3.8, 4) is 0 Å². The Balaban J connectivity index is 3.08. The zero-order valence-electron chi connectivity index (χ0n) is 4.00. The van der Waals surface area contributed by atoms with Gasteiger partial charge in [-0.05, 0) is 0 Å². The fourth-order valence-corrected chi connectivity index (χ4v) is 0.309. The summed E-state index contributed by atoms with van der Waals surface area (Å²) in [4.78, 5) is 10.3. The molecule has 1 heterocycles. The lowest BCUT2D eigenvalue weighted by Gasteiger charge is -1.99. The molecule has 3 N–H and O–H groups in total. The molecule has 0 aliphatic carbocycles. The first-order chi connectivity index (χ1) is 3.79. The van der Waals surface area contributed by atoms with E-state index < -0.39 is 0 Å². The molecule has 0 saturated carbocycles. The van der Waals surface area contributed by atoms with Crippen LogP contribution in [0.15, 0.2) is 6.33 Å². The van der Waals surface area contributed by atoms with Crippen molar-refractivity contribution >= 4 is 11.9 Å². The van der Waals surface area contributed by atoms with E-state index in [0.29, 0.717) is 0 Å². The predicted octanol–water partition coefficient (Wildman–Crippen LogP) is 0.137. The quantitative estimate of drug-likeness (QED) is 0.514. The Morgan fingerprint density at radius 2 is 2.25 bits per heavy atom. The van der Waals surface area contributed by atoms with Gasteiger partial charge in [-0.25, -0.2) is 4.98 Å². The van der Waals surface area contributed by atoms with Crippen molar-refractivity contribution in [1.82, 2.24) is 15.0 Å². The van der Waals surface area contributed by atoms with Crippen molar-refractivity contribution in [3.63, 3.8) is 0 Å². The summed E-state index contributed by atoms with van der Waals surface area (Å²) in [5, 5.41) is 0. The highest BCUT2D eigenvalue weighted by Crippen LogP contribution is 1.97. The Kier molecular flexibility index (Phi) is 0.957. The molecule has 0 bridgehead atoms. The summed E-state index contributed by atoms with van der Waals surface area (Å²) in [7, 11) is 0. The standard InChI is InChI=1S/C3H4N5/c4-2-6-1-7-3(5)8-2/h1H,(H3-,4,5,6,7,8)/q-1. The second-order valence-electron chi connectivity index (χ2n) is 1.17. The molecule has 5 heteroatoms. The van der Waals surface area contributed by atoms with Crippen LogP contribution in [0.1, 0.15) is 0 Å². The molecule has 0 atom stereocenters. The van der Waals surface area contributed by atoms with Crippen molar-refractivity contribution in [1.29, 1.82) is 0 Å². The Hall–Kier alpha value is -1.39. The average Bonchev–Trinajstić information content (AvgIpc) is 1.64. The van der Waals surface area contributed by atoms with Gasteiger partial charge in [0.15, 0.2) is 0 Å². The Morgan fingerprint density at radius 3 is 2.62 bits per heavy atom. The molecule has 1 aromatic heterocycles. The van der Waals surface area contributed by atoms with Crippen molar-refractivity contribution in [2.24, 2.45) is 0 Å². The Morgan fingerprint density at radius 1 is 1.50 bits per heavy atom. The molecule has 5 nitrogen and oxygen atoms in total. The molecule has 1 rings (SSSR count). The van der Waals surface area contributed by atoms with Crippen LogP contribution >= 0.6 is 0 Å². The number of aromatic nitrogens is 3. The summed E-state index contributed by atoms with van der Waals surface area (Å²) in [6, 6.07) is 0. The van der Waals surface area contributed by atoms with Crippen LogP contribution in [-0.4, -0.2) is 15.0 Å². The van der Waals surface area contributed by atoms with Crippen LogP contribution in [0.3, 0.4) is 0 Å². The highest BCUT2D eigenvalue weighted by Gasteiger charge is 1.75. The molecular formula is C3H4N5-. The van der Waals surface area contributed by atoms with Gasteiger partial charge in [-0.1, -0.05) is 0 Å². The molecule has 0 aliphatic rings. The van der Waals surface area contributed by atoms with Gasteiger partial charge in [-0.2, -0.15) is 0 Å². The molecule has 42 valence electrons. The minimum atomic E-state index is -0.0995. The molecule has 1 aromatic rings. The first-order valence-electron chi connectivity index (χ1n) is 1.95. The average molecular weight is 110 g/mol. The van der Waals surface area contributed by atoms with E-state index in [-0.39, 0.29) is 11.9 Å². The number of hydrogen-bond acceptors (Lipinski definition) is 4. The molecule has 0 radical (unpaired) electrons. The first kappa shape index (κ1) is 4.76. The van der Waals surface area contributed by atoms with Gasteiger partial charge in [0.1, 0.15) is 5.95 Å². The van der Waals surface area contributed by atoms with Gasteiger partial charge >= 0.3 is 0 Å². The lowest BCUT2D eigenvalue weighted by Crippen LogP contribution is -1.93. The fraction of sp³-hybridized carbons (Fsp3) is 0. The van der Waals surface area contributed by atoms with E-state index in [2.05, 4.69) is 15.0 Å². The minimum absolute atomic E-state index is 0.0880. The van der Waals surface area contributed by atoms with Crippen molar-refractivity contribution in [2.75, 3.05) is 5.73 Å². The zero-order valence-corrected chi connectivity index (χ0v) is 4.00. The van der Waals surface area contributed by atoms with E-state index in [1.165, 1.54) is 6.33 Å². The maximum Gasteiger partial charge on any atom is 0.148 e. The van der Waals surface area contributed by atoms with Crippen molar-refractivity contribution < 1.29 is 0 Å². The molecule has 0 aliphatic heterocycles. The summed E-state index contributed by atoms with van der Waals surface area (Å²) in [5.74, 6) is -0.0116. The second kappa shape index (κ2) is 1.61. The SMILES string of the molecule is [NH-]c1ncnc(N)n1. The number of nitrogen functional groups attached to an aromatic ring is 1. The van der Waals surface area contributed by atoms with Gasteiger partial charge in [0.25, 0.3) is 0 Å². The monoisotopic (exact) mass is 110 g/mol. The van der Waals surface area contributed by atoms with E-state index >= 15 is 0 Å². The second-order valence-corrected chi connectivity index (χ2v) is 1.17. The molecule has 0 aromatic carbocycles. The molecule has 0 amide bonds. The van der Waals surface area contributed by atoms with E-state index in [0.717, 1.165) is 0 Å². The number of rotatable bonds is 0. The van der Waals surface area contributed by atoms with Crippen molar-refractivity contribution in [3.05, 3.63) is 12.1 Å². The maximum atomic E-state index is 6.79. The summed E-state index contributed by atoms with van der Waals surface area (Å²) in [6.07, 6.45) is 1.20. The number of nitrogens with one attached hydrogen (secondary N) is 1. The van der Waals surface area contributed by atoms with E-state index in [1.807, 2.05) is 0 Å². The van der Waals surface area contributed by atoms with E-state index in [1.54, 1.807) is 0 Å². The minimum Gasteiger partial charge on any atom is -0.410 e. The highest BCUT2D eigenvalue weighted by molar-refractivity contribution is 5.26. The third-order valence-electron chi connectivity index (χ3n) is 0.590. The van der Waals surface area contributed by atoms with Crippen LogP contribution in [0.5, 0.6) is 0 Å². The molecule has 0 spiro atoms. The molecule has 0 fully saturated rings. The summed E-state index contributed by atoms with van der Waals surface area (Å²) in [5.41, 5.74) is 11.9. The lowest BCUT2D eigenvalue weighted by atomic mass is 10.9. The topological polar surface area (TPSA) is 88.5 Å². The van der Waals surface area contributed by atoms with Gasteiger partial charge < -0.3 is 21.4 Å². The molecule has 0 unspecified atom stereocenters. The third-order valence-corrected chi connectivity index (χ3v) is 0.590. The first-order valence-corrected chi connectivity index (χ1v) is 1.95. The van der Waals surface area contributed by atoms with Gasteiger partial charge in [0.05, 0.1) is 0 Å². The van der Waals surface area contributed by atoms with Crippen LogP contribution in [0, 0.1) is 0 Å². The van der Waals surface area contributed by atoms with Crippen LogP contribution in [-0.2, 0) is 0 Å². The summed E-state index contributed by atoms with van der Waals surface area (Å²) < 4.78 is 0. The number of anilines is 1.